The van der Waals surface area contributed by atoms with Crippen molar-refractivity contribution >= 4 is 17.6 Å². The zero-order valence-electron chi connectivity index (χ0n) is 10.3. The molecule has 0 spiro atoms. The molecule has 1 aliphatic rings. The molecule has 1 heterocycles. The first kappa shape index (κ1) is 11.4. The van der Waals surface area contributed by atoms with Crippen molar-refractivity contribution in [2.24, 2.45) is 15.7 Å². The van der Waals surface area contributed by atoms with Crippen LogP contribution in [0.15, 0.2) is 40.3 Å². The molecule has 0 aliphatic carbocycles. The fourth-order valence-electron chi connectivity index (χ4n) is 1.74. The number of anilines is 1. The van der Waals surface area contributed by atoms with E-state index in [0.717, 1.165) is 11.6 Å². The topological polar surface area (TPSA) is 57.2 Å². The third kappa shape index (κ3) is 2.22. The first-order valence-corrected chi connectivity index (χ1v) is 5.53. The number of nitrogens with two attached hydrogens (primary N) is 1. The Bertz CT molecular complexity index is 451. The van der Waals surface area contributed by atoms with Crippen LogP contribution in [0.4, 0.5) is 5.69 Å². The van der Waals surface area contributed by atoms with Gasteiger partial charge < -0.3 is 10.6 Å². The fourth-order valence-corrected chi connectivity index (χ4v) is 1.74. The van der Waals surface area contributed by atoms with Crippen LogP contribution in [0, 0.1) is 0 Å². The van der Waals surface area contributed by atoms with E-state index in [0.29, 0.717) is 5.96 Å². The number of hydrogen-bond donors (Lipinski definition) is 1. The van der Waals surface area contributed by atoms with Crippen molar-refractivity contribution in [3.8, 4) is 0 Å². The van der Waals surface area contributed by atoms with Gasteiger partial charge in [-0.2, -0.15) is 0 Å². The zero-order chi connectivity index (χ0) is 12.4. The molecule has 0 saturated heterocycles. The van der Waals surface area contributed by atoms with Crippen LogP contribution < -0.4 is 10.6 Å². The van der Waals surface area contributed by atoms with Crippen LogP contribution in [0.5, 0.6) is 0 Å². The number of aliphatic imine (C=N–C) groups is 2. The summed E-state index contributed by atoms with van der Waals surface area (Å²) in [6.45, 7) is 1.92. The second-order valence-electron chi connectivity index (χ2n) is 4.00. The molecule has 1 aromatic carbocycles. The number of hydrogen-bond acceptors (Lipinski definition) is 5. The highest BCUT2D eigenvalue weighted by molar-refractivity contribution is 6.06. The van der Waals surface area contributed by atoms with E-state index < -0.39 is 0 Å². The van der Waals surface area contributed by atoms with Gasteiger partial charge in [0.15, 0.2) is 5.96 Å². The van der Waals surface area contributed by atoms with Gasteiger partial charge in [-0.05, 0) is 19.1 Å². The summed E-state index contributed by atoms with van der Waals surface area (Å²) in [5.74, 6) is 1.29. The third-order valence-electron chi connectivity index (χ3n) is 2.71. The van der Waals surface area contributed by atoms with Crippen molar-refractivity contribution in [3.05, 3.63) is 30.3 Å². The molecule has 2 rings (SSSR count). The largest absolute Gasteiger partial charge is 0.369 e. The summed E-state index contributed by atoms with van der Waals surface area (Å²) in [7, 11) is 3.83. The van der Waals surface area contributed by atoms with Crippen molar-refractivity contribution in [2.75, 3.05) is 19.0 Å². The maximum absolute atomic E-state index is 5.84. The van der Waals surface area contributed by atoms with E-state index in [1.54, 1.807) is 4.90 Å². The molecule has 0 bridgehead atoms. The first-order valence-electron chi connectivity index (χ1n) is 5.53. The van der Waals surface area contributed by atoms with E-state index in [2.05, 4.69) is 9.98 Å². The van der Waals surface area contributed by atoms with Crippen molar-refractivity contribution in [2.45, 2.75) is 13.1 Å². The first-order chi connectivity index (χ1) is 8.09. The Kier molecular flexibility index (Phi) is 2.99. The van der Waals surface area contributed by atoms with Gasteiger partial charge in [0.1, 0.15) is 6.17 Å². The number of guanidine groups is 2. The van der Waals surface area contributed by atoms with Crippen LogP contribution in [0.3, 0.4) is 0 Å². The van der Waals surface area contributed by atoms with Crippen LogP contribution in [0.2, 0.25) is 0 Å². The van der Waals surface area contributed by atoms with Gasteiger partial charge in [-0.25, -0.2) is 9.98 Å². The molecule has 0 aromatic heterocycles. The second kappa shape index (κ2) is 4.45. The van der Waals surface area contributed by atoms with Gasteiger partial charge in [0, 0.05) is 19.8 Å². The van der Waals surface area contributed by atoms with E-state index >= 15 is 0 Å². The third-order valence-corrected chi connectivity index (χ3v) is 2.71. The summed E-state index contributed by atoms with van der Waals surface area (Å²) in [4.78, 5) is 12.5. The van der Waals surface area contributed by atoms with Gasteiger partial charge in [0.05, 0.1) is 0 Å². The Morgan fingerprint density at radius 3 is 2.53 bits per heavy atom. The number of para-hydroxylation sites is 1. The quantitative estimate of drug-likeness (QED) is 0.787. The molecule has 5 nitrogen and oxygen atoms in total. The van der Waals surface area contributed by atoms with Gasteiger partial charge in [-0.15, -0.1) is 0 Å². The van der Waals surface area contributed by atoms with Crippen molar-refractivity contribution in [1.82, 2.24) is 4.90 Å². The predicted molar refractivity (Wildman–Crippen MR) is 71.1 cm³/mol. The van der Waals surface area contributed by atoms with Crippen LogP contribution in [0.1, 0.15) is 6.92 Å². The highest BCUT2D eigenvalue weighted by Crippen LogP contribution is 2.15. The summed E-state index contributed by atoms with van der Waals surface area (Å²) in [5, 5.41) is 0. The summed E-state index contributed by atoms with van der Waals surface area (Å²) in [6.07, 6.45) is -0.132. The number of rotatable bonds is 1. The lowest BCUT2D eigenvalue weighted by Crippen LogP contribution is -2.49. The maximum atomic E-state index is 5.84. The van der Waals surface area contributed by atoms with Crippen molar-refractivity contribution in [1.29, 1.82) is 0 Å². The monoisotopic (exact) mass is 231 g/mol. The molecule has 0 amide bonds. The van der Waals surface area contributed by atoms with Gasteiger partial charge >= 0.3 is 0 Å². The Balaban J connectivity index is 2.29. The summed E-state index contributed by atoms with van der Waals surface area (Å²) in [6, 6.07) is 10.0. The lowest BCUT2D eigenvalue weighted by Gasteiger charge is -2.31. The highest BCUT2D eigenvalue weighted by Gasteiger charge is 2.21. The van der Waals surface area contributed by atoms with Gasteiger partial charge in [-0.3, -0.25) is 4.90 Å². The molecule has 0 saturated carbocycles. The summed E-state index contributed by atoms with van der Waals surface area (Å²) >= 11 is 0. The molecule has 1 aliphatic heterocycles. The molecule has 17 heavy (non-hydrogen) atoms. The van der Waals surface area contributed by atoms with Crippen LogP contribution in [-0.4, -0.2) is 37.1 Å². The molecule has 0 fully saturated rings. The van der Waals surface area contributed by atoms with Crippen LogP contribution in [0.25, 0.3) is 0 Å². The molecular weight excluding hydrogens is 214 g/mol. The van der Waals surface area contributed by atoms with Crippen LogP contribution >= 0.6 is 0 Å². The molecular formula is C12H17N5. The molecule has 2 N–H and O–H groups in total. The minimum Gasteiger partial charge on any atom is -0.369 e. The average Bonchev–Trinajstić information content (AvgIpc) is 2.34. The van der Waals surface area contributed by atoms with E-state index in [-0.39, 0.29) is 6.17 Å². The fraction of sp³-hybridized carbons (Fsp3) is 0.333. The Morgan fingerprint density at radius 2 is 1.88 bits per heavy atom. The molecule has 1 atom stereocenters. The summed E-state index contributed by atoms with van der Waals surface area (Å²) < 4.78 is 0. The number of benzene rings is 1. The van der Waals surface area contributed by atoms with E-state index in [1.165, 1.54) is 0 Å². The minimum atomic E-state index is -0.132. The van der Waals surface area contributed by atoms with Crippen molar-refractivity contribution in [3.63, 3.8) is 0 Å². The second-order valence-corrected chi connectivity index (χ2v) is 4.00. The predicted octanol–water partition coefficient (Wildman–Crippen LogP) is 1.08. The van der Waals surface area contributed by atoms with E-state index in [4.69, 9.17) is 5.73 Å². The van der Waals surface area contributed by atoms with E-state index in [9.17, 15) is 0 Å². The maximum Gasteiger partial charge on any atom is 0.209 e. The van der Waals surface area contributed by atoms with Crippen molar-refractivity contribution < 1.29 is 0 Å². The molecule has 0 radical (unpaired) electrons. The van der Waals surface area contributed by atoms with Gasteiger partial charge in [0.25, 0.3) is 0 Å². The summed E-state index contributed by atoms with van der Waals surface area (Å²) in [5.41, 5.74) is 6.91. The lowest BCUT2D eigenvalue weighted by atomic mass is 10.3. The van der Waals surface area contributed by atoms with E-state index in [1.807, 2.05) is 56.3 Å². The molecule has 5 heteroatoms. The average molecular weight is 231 g/mol. The Morgan fingerprint density at radius 1 is 1.24 bits per heavy atom. The SMILES string of the molecule is CC1N=C(N)N(C)C(N(C)c2ccccc2)=N1. The molecule has 90 valence electrons. The Hall–Kier alpha value is -2.04. The smallest absolute Gasteiger partial charge is 0.209 e. The Labute approximate surface area is 101 Å². The highest BCUT2D eigenvalue weighted by atomic mass is 15.4. The molecule has 1 aromatic rings. The molecule has 1 unspecified atom stereocenters. The number of nitrogens with zero attached hydrogens (tertiary/aromatic N) is 4. The normalized spacial score (nSPS) is 19.7. The standard InChI is InChI=1S/C12H17N5/c1-9-14-11(13)17(3)12(15-9)16(2)10-7-5-4-6-8-10/h4-9H,1-3H3,(H2,13,14). The van der Waals surface area contributed by atoms with Crippen LogP contribution in [-0.2, 0) is 0 Å². The lowest BCUT2D eigenvalue weighted by molar-refractivity contribution is 0.635. The zero-order valence-corrected chi connectivity index (χ0v) is 10.3. The van der Waals surface area contributed by atoms with Gasteiger partial charge in [-0.1, -0.05) is 18.2 Å². The minimum absolute atomic E-state index is 0.132. The van der Waals surface area contributed by atoms with Gasteiger partial charge in [0.2, 0.25) is 5.96 Å².